The van der Waals surface area contributed by atoms with Gasteiger partial charge in [-0.1, -0.05) is 23.8 Å². The van der Waals surface area contributed by atoms with E-state index in [1.165, 1.54) is 30.2 Å². The van der Waals surface area contributed by atoms with Gasteiger partial charge in [0, 0.05) is 19.2 Å². The summed E-state index contributed by atoms with van der Waals surface area (Å²) in [6.45, 7) is 3.21. The molecule has 0 fully saturated rings. The highest BCUT2D eigenvalue weighted by Gasteiger charge is 2.23. The Labute approximate surface area is 173 Å². The third kappa shape index (κ3) is 7.15. The third-order valence-electron chi connectivity index (χ3n) is 4.10. The number of aryl methyl sites for hydroxylation is 1. The highest BCUT2D eigenvalue weighted by atomic mass is 32.1. The number of ketones is 1. The third-order valence-corrected chi connectivity index (χ3v) is 5.01. The molecule has 0 aliphatic heterocycles. The van der Waals surface area contributed by atoms with Crippen LogP contribution in [0.5, 0.6) is 0 Å². The number of nitrogens with zero attached hydrogens (tertiary/aromatic N) is 1. The van der Waals surface area contributed by atoms with Gasteiger partial charge in [0.2, 0.25) is 5.91 Å². The smallest absolute Gasteiger partial charge is 0.307 e. The van der Waals surface area contributed by atoms with E-state index >= 15 is 0 Å². The van der Waals surface area contributed by atoms with Crippen molar-refractivity contribution in [3.63, 3.8) is 0 Å². The van der Waals surface area contributed by atoms with Crippen molar-refractivity contribution in [2.75, 3.05) is 18.9 Å². The van der Waals surface area contributed by atoms with E-state index < -0.39 is 18.0 Å². The van der Waals surface area contributed by atoms with E-state index in [1.54, 1.807) is 29.6 Å². The lowest BCUT2D eigenvalue weighted by Crippen LogP contribution is -2.41. The molecule has 2 amide bonds. The summed E-state index contributed by atoms with van der Waals surface area (Å²) < 4.78 is 5.10. The fourth-order valence-corrected chi connectivity index (χ4v) is 3.22. The molecule has 2 rings (SSSR count). The molecule has 29 heavy (non-hydrogen) atoms. The van der Waals surface area contributed by atoms with E-state index in [9.17, 15) is 19.2 Å². The predicted octanol–water partition coefficient (Wildman–Crippen LogP) is 3.05. The van der Waals surface area contributed by atoms with Gasteiger partial charge in [0.05, 0.1) is 17.8 Å². The lowest BCUT2D eigenvalue weighted by atomic mass is 10.2. The van der Waals surface area contributed by atoms with Crippen LogP contribution in [0.2, 0.25) is 0 Å². The molecule has 0 aliphatic carbocycles. The number of nitrogens with one attached hydrogen (secondary N) is 1. The van der Waals surface area contributed by atoms with Crippen molar-refractivity contribution in [3.05, 3.63) is 52.2 Å². The van der Waals surface area contributed by atoms with Gasteiger partial charge in [-0.25, -0.2) is 0 Å². The zero-order valence-electron chi connectivity index (χ0n) is 16.6. The molecule has 7 nitrogen and oxygen atoms in total. The normalized spacial score (nSPS) is 11.4. The number of esters is 1. The van der Waals surface area contributed by atoms with Crippen molar-refractivity contribution in [2.45, 2.75) is 32.8 Å². The maximum atomic E-state index is 12.3. The van der Waals surface area contributed by atoms with Crippen LogP contribution >= 0.6 is 11.3 Å². The van der Waals surface area contributed by atoms with Crippen LogP contribution in [0.1, 0.15) is 35.0 Å². The molecule has 8 heteroatoms. The van der Waals surface area contributed by atoms with Crippen LogP contribution < -0.4 is 5.32 Å². The Bertz CT molecular complexity index is 862. The summed E-state index contributed by atoms with van der Waals surface area (Å²) in [7, 11) is 1.46. The fraction of sp³-hybridized carbons (Fsp3) is 0.333. The highest BCUT2D eigenvalue weighted by Crippen LogP contribution is 2.13. The van der Waals surface area contributed by atoms with Gasteiger partial charge in [0.15, 0.2) is 11.9 Å². The van der Waals surface area contributed by atoms with Crippen molar-refractivity contribution in [2.24, 2.45) is 0 Å². The number of thiophene rings is 1. The van der Waals surface area contributed by atoms with E-state index in [0.29, 0.717) is 10.6 Å². The first-order chi connectivity index (χ1) is 13.8. The molecule has 2 aromatic rings. The molecule has 0 unspecified atom stereocenters. The van der Waals surface area contributed by atoms with Gasteiger partial charge in [-0.2, -0.15) is 0 Å². The van der Waals surface area contributed by atoms with Crippen molar-refractivity contribution in [3.8, 4) is 0 Å². The van der Waals surface area contributed by atoms with Gasteiger partial charge < -0.3 is 15.0 Å². The Balaban J connectivity index is 1.75. The maximum Gasteiger partial charge on any atom is 0.307 e. The zero-order chi connectivity index (χ0) is 21.4. The molecule has 0 bridgehead atoms. The molecule has 0 saturated heterocycles. The first kappa shape index (κ1) is 22.3. The number of likely N-dealkylation sites (N-methyl/N-ethyl adjacent to an activating group) is 1. The van der Waals surface area contributed by atoms with Crippen molar-refractivity contribution in [1.29, 1.82) is 0 Å². The monoisotopic (exact) mass is 416 g/mol. The van der Waals surface area contributed by atoms with Crippen molar-refractivity contribution < 1.29 is 23.9 Å². The van der Waals surface area contributed by atoms with Gasteiger partial charge >= 0.3 is 5.97 Å². The molecule has 0 radical (unpaired) electrons. The lowest BCUT2D eigenvalue weighted by molar-refractivity contribution is -0.158. The first-order valence-electron chi connectivity index (χ1n) is 9.14. The second kappa shape index (κ2) is 10.5. The Kier molecular flexibility index (Phi) is 8.09. The summed E-state index contributed by atoms with van der Waals surface area (Å²) in [5.74, 6) is -1.62. The highest BCUT2D eigenvalue weighted by molar-refractivity contribution is 7.12. The number of Topliss-reactive ketones (excluding diaryl/α,β-unsaturated/α-hetero) is 1. The number of rotatable bonds is 9. The summed E-state index contributed by atoms with van der Waals surface area (Å²) in [6.07, 6.45) is -1.13. The van der Waals surface area contributed by atoms with E-state index in [4.69, 9.17) is 4.74 Å². The summed E-state index contributed by atoms with van der Waals surface area (Å²) in [4.78, 5) is 50.0. The molecule has 1 N–H and O–H groups in total. The number of carbonyl (C=O) groups excluding carboxylic acids is 4. The SMILES string of the molecule is Cc1ccc(NC(=O)CN(C)C(=O)[C@H](C)OC(=O)CCC(=O)c2cccs2)cc1. The number of benzene rings is 1. The minimum Gasteiger partial charge on any atom is -0.453 e. The average molecular weight is 416 g/mol. The standard InChI is InChI=1S/C21H24N2O5S/c1-14-6-8-16(9-7-14)22-19(25)13-23(3)21(27)15(2)28-20(26)11-10-17(24)18-5-4-12-29-18/h4-9,12,15H,10-11,13H2,1-3H3,(H,22,25)/t15-/m0/s1. The molecule has 1 aromatic heterocycles. The van der Waals surface area contributed by atoms with Gasteiger partial charge in [-0.05, 0) is 37.4 Å². The van der Waals surface area contributed by atoms with E-state index in [1.807, 2.05) is 19.1 Å². The second-order valence-corrected chi connectivity index (χ2v) is 7.59. The van der Waals surface area contributed by atoms with Crippen molar-refractivity contribution in [1.82, 2.24) is 4.90 Å². The summed E-state index contributed by atoms with van der Waals surface area (Å²) in [6, 6.07) is 10.8. The Morgan fingerprint density at radius 1 is 1.10 bits per heavy atom. The van der Waals surface area contributed by atoms with E-state index in [-0.39, 0.29) is 31.1 Å². The van der Waals surface area contributed by atoms with Crippen LogP contribution in [0, 0.1) is 6.92 Å². The molecule has 0 saturated carbocycles. The largest absolute Gasteiger partial charge is 0.453 e. The van der Waals surface area contributed by atoms with Crippen molar-refractivity contribution >= 4 is 40.6 Å². The minimum atomic E-state index is -1.04. The van der Waals surface area contributed by atoms with Gasteiger partial charge in [0.25, 0.3) is 5.91 Å². The van der Waals surface area contributed by atoms with Gasteiger partial charge in [-0.15, -0.1) is 11.3 Å². The number of anilines is 1. The summed E-state index contributed by atoms with van der Waals surface area (Å²) >= 11 is 1.31. The first-order valence-corrected chi connectivity index (χ1v) is 10.0. The van der Waals surface area contributed by atoms with Crippen LogP contribution in [0.15, 0.2) is 41.8 Å². The van der Waals surface area contributed by atoms with Crippen LogP contribution in [0.4, 0.5) is 5.69 Å². The van der Waals surface area contributed by atoms with Crippen LogP contribution in [0.3, 0.4) is 0 Å². The molecule has 1 heterocycles. The minimum absolute atomic E-state index is 0.0229. The zero-order valence-corrected chi connectivity index (χ0v) is 17.5. The number of amides is 2. The summed E-state index contributed by atoms with van der Waals surface area (Å²) in [5.41, 5.74) is 1.71. The Morgan fingerprint density at radius 3 is 2.41 bits per heavy atom. The predicted molar refractivity (Wildman–Crippen MR) is 111 cm³/mol. The summed E-state index contributed by atoms with van der Waals surface area (Å²) in [5, 5.41) is 4.49. The quantitative estimate of drug-likeness (QED) is 0.501. The molecule has 1 aromatic carbocycles. The van der Waals surface area contributed by atoms with Crippen LogP contribution in [-0.2, 0) is 19.1 Å². The van der Waals surface area contributed by atoms with Crippen LogP contribution in [0.25, 0.3) is 0 Å². The maximum absolute atomic E-state index is 12.3. The molecule has 1 atom stereocenters. The second-order valence-electron chi connectivity index (χ2n) is 6.64. The van der Waals surface area contributed by atoms with E-state index in [0.717, 1.165) is 5.56 Å². The number of hydrogen-bond acceptors (Lipinski definition) is 6. The number of ether oxygens (including phenoxy) is 1. The Hall–Kier alpha value is -3.00. The molecular formula is C21H24N2O5S. The molecule has 0 spiro atoms. The van der Waals surface area contributed by atoms with Crippen LogP contribution in [-0.4, -0.2) is 48.2 Å². The fourth-order valence-electron chi connectivity index (χ4n) is 2.52. The lowest BCUT2D eigenvalue weighted by Gasteiger charge is -2.21. The number of hydrogen-bond donors (Lipinski definition) is 1. The molecule has 154 valence electrons. The average Bonchev–Trinajstić information content (AvgIpc) is 3.22. The Morgan fingerprint density at radius 2 is 1.79 bits per heavy atom. The van der Waals surface area contributed by atoms with E-state index in [2.05, 4.69) is 5.32 Å². The molecule has 0 aliphatic rings. The molecular weight excluding hydrogens is 392 g/mol. The number of carbonyl (C=O) groups is 4. The van der Waals surface area contributed by atoms with Gasteiger partial charge in [-0.3, -0.25) is 19.2 Å². The topological polar surface area (TPSA) is 92.8 Å². The van der Waals surface area contributed by atoms with Gasteiger partial charge in [0.1, 0.15) is 0 Å².